The van der Waals surface area contributed by atoms with Gasteiger partial charge in [-0.2, -0.15) is 0 Å². The van der Waals surface area contributed by atoms with Crippen LogP contribution in [0.3, 0.4) is 0 Å². The molecule has 36 heavy (non-hydrogen) atoms. The summed E-state index contributed by atoms with van der Waals surface area (Å²) in [6.45, 7) is 11.2. The van der Waals surface area contributed by atoms with Gasteiger partial charge in [-0.05, 0) is 64.0 Å². The van der Waals surface area contributed by atoms with Crippen molar-refractivity contribution in [3.8, 4) is 0 Å². The second-order valence-electron chi connectivity index (χ2n) is 11.6. The summed E-state index contributed by atoms with van der Waals surface area (Å²) in [5.41, 5.74) is 7.65. The van der Waals surface area contributed by atoms with Crippen molar-refractivity contribution in [2.24, 2.45) is 0 Å². The minimum absolute atomic E-state index is 0.154. The van der Waals surface area contributed by atoms with Crippen molar-refractivity contribution in [1.29, 1.82) is 0 Å². The molecule has 196 valence electrons. The van der Waals surface area contributed by atoms with Gasteiger partial charge in [0.05, 0.1) is 13.2 Å². The van der Waals surface area contributed by atoms with Gasteiger partial charge in [0.1, 0.15) is 24.4 Å². The van der Waals surface area contributed by atoms with Crippen LogP contribution in [0.1, 0.15) is 75.3 Å². The summed E-state index contributed by atoms with van der Waals surface area (Å²) in [6, 6.07) is 14.8. The SMILES string of the molecule is CC(=Cc1ccc(CO[C@@H]2O[C@H](CO)[C@@H](O)[C@H](O)[C@H]2O)cc1)c1ccc2c(c1)C(C)(C)CCC2(C)C. The number of aliphatic hydroxyl groups excluding tert-OH is 4. The molecule has 5 atom stereocenters. The molecule has 2 aromatic carbocycles. The summed E-state index contributed by atoms with van der Waals surface area (Å²) in [7, 11) is 0. The minimum atomic E-state index is -1.45. The molecule has 4 rings (SSSR count). The van der Waals surface area contributed by atoms with Crippen molar-refractivity contribution in [1.82, 2.24) is 0 Å². The van der Waals surface area contributed by atoms with Crippen LogP contribution in [0.15, 0.2) is 42.5 Å². The number of ether oxygens (including phenoxy) is 2. The lowest BCUT2D eigenvalue weighted by Crippen LogP contribution is -2.59. The summed E-state index contributed by atoms with van der Waals surface area (Å²) in [4.78, 5) is 0. The van der Waals surface area contributed by atoms with Gasteiger partial charge in [-0.1, -0.05) is 76.2 Å². The van der Waals surface area contributed by atoms with Gasteiger partial charge in [0.15, 0.2) is 6.29 Å². The van der Waals surface area contributed by atoms with Gasteiger partial charge in [0, 0.05) is 0 Å². The number of allylic oxidation sites excluding steroid dienone is 1. The van der Waals surface area contributed by atoms with Crippen molar-refractivity contribution in [3.63, 3.8) is 0 Å². The molecular formula is C30H40O6. The Morgan fingerprint density at radius 2 is 1.56 bits per heavy atom. The monoisotopic (exact) mass is 496 g/mol. The highest BCUT2D eigenvalue weighted by atomic mass is 16.7. The molecule has 0 spiro atoms. The molecule has 4 N–H and O–H groups in total. The van der Waals surface area contributed by atoms with Crippen LogP contribution in [0.4, 0.5) is 0 Å². The van der Waals surface area contributed by atoms with E-state index in [1.807, 2.05) is 24.3 Å². The molecule has 0 saturated carbocycles. The number of hydrogen-bond donors (Lipinski definition) is 4. The molecule has 0 bridgehead atoms. The molecule has 1 fully saturated rings. The summed E-state index contributed by atoms with van der Waals surface area (Å²) >= 11 is 0. The summed E-state index contributed by atoms with van der Waals surface area (Å²) in [5.74, 6) is 0. The predicted octanol–water partition coefficient (Wildman–Crippen LogP) is 3.91. The molecule has 0 radical (unpaired) electrons. The molecule has 1 heterocycles. The average Bonchev–Trinajstić information content (AvgIpc) is 2.86. The number of hydrogen-bond acceptors (Lipinski definition) is 6. The molecule has 0 aromatic heterocycles. The Labute approximate surface area is 214 Å². The smallest absolute Gasteiger partial charge is 0.187 e. The van der Waals surface area contributed by atoms with E-state index in [-0.39, 0.29) is 17.4 Å². The normalized spacial score (nSPS) is 29.6. The summed E-state index contributed by atoms with van der Waals surface area (Å²) in [5, 5.41) is 39.3. The zero-order valence-corrected chi connectivity index (χ0v) is 21.9. The van der Waals surface area contributed by atoms with Gasteiger partial charge in [0.2, 0.25) is 0 Å². The molecule has 6 heteroatoms. The lowest BCUT2D eigenvalue weighted by molar-refractivity contribution is -0.304. The Hall–Kier alpha value is -2.06. The first kappa shape index (κ1) is 27.0. The van der Waals surface area contributed by atoms with Gasteiger partial charge in [0.25, 0.3) is 0 Å². The Morgan fingerprint density at radius 3 is 2.19 bits per heavy atom. The first-order valence-corrected chi connectivity index (χ1v) is 12.8. The lowest BCUT2D eigenvalue weighted by Gasteiger charge is -2.42. The number of fused-ring (bicyclic) bond motifs is 1. The molecule has 1 aliphatic carbocycles. The maximum absolute atomic E-state index is 10.1. The summed E-state index contributed by atoms with van der Waals surface area (Å²) < 4.78 is 11.0. The molecule has 0 unspecified atom stereocenters. The zero-order chi connectivity index (χ0) is 26.3. The summed E-state index contributed by atoms with van der Waals surface area (Å²) in [6.07, 6.45) is -1.81. The number of aliphatic hydroxyl groups is 4. The van der Waals surface area contributed by atoms with Crippen LogP contribution in [0, 0.1) is 0 Å². The predicted molar refractivity (Wildman–Crippen MR) is 140 cm³/mol. The third-order valence-corrected chi connectivity index (χ3v) is 7.93. The van der Waals surface area contributed by atoms with Gasteiger partial charge >= 0.3 is 0 Å². The second-order valence-corrected chi connectivity index (χ2v) is 11.6. The van der Waals surface area contributed by atoms with Gasteiger partial charge in [-0.15, -0.1) is 0 Å². The standard InChI is InChI=1S/C30H40O6/c1-18(21-10-11-22-23(15-21)30(4,5)13-12-29(22,2)3)14-19-6-8-20(9-7-19)17-35-28-27(34)26(33)25(32)24(16-31)36-28/h6-11,14-15,24-28,31-34H,12-13,16-17H2,1-5H3/t24-,25-,26+,27-,28-/m1/s1. The van der Waals surface area contributed by atoms with Gasteiger partial charge in [-0.3, -0.25) is 0 Å². The van der Waals surface area contributed by atoms with Crippen molar-refractivity contribution >= 4 is 11.6 Å². The Bertz CT molecular complexity index is 1090. The molecular weight excluding hydrogens is 456 g/mol. The molecule has 2 aliphatic rings. The van der Waals surface area contributed by atoms with Gasteiger partial charge < -0.3 is 29.9 Å². The van der Waals surface area contributed by atoms with E-state index < -0.39 is 37.3 Å². The van der Waals surface area contributed by atoms with E-state index in [1.54, 1.807) is 0 Å². The van der Waals surface area contributed by atoms with Crippen molar-refractivity contribution in [2.75, 3.05) is 6.61 Å². The van der Waals surface area contributed by atoms with Crippen LogP contribution in [0.5, 0.6) is 0 Å². The van der Waals surface area contributed by atoms with Crippen molar-refractivity contribution in [2.45, 2.75) is 95.6 Å². The van der Waals surface area contributed by atoms with Crippen molar-refractivity contribution in [3.05, 3.63) is 70.3 Å². The Kier molecular flexibility index (Phi) is 7.77. The fourth-order valence-electron chi connectivity index (χ4n) is 5.26. The first-order valence-electron chi connectivity index (χ1n) is 12.8. The molecule has 0 amide bonds. The van der Waals surface area contributed by atoms with Crippen molar-refractivity contribution < 1.29 is 29.9 Å². The third kappa shape index (κ3) is 5.44. The number of rotatable bonds is 6. The fraction of sp³-hybridized carbons (Fsp3) is 0.533. The lowest BCUT2D eigenvalue weighted by atomic mass is 9.63. The van der Waals surface area contributed by atoms with Crippen LogP contribution >= 0.6 is 0 Å². The van der Waals surface area contributed by atoms with Crippen LogP contribution in [-0.2, 0) is 26.9 Å². The van der Waals surface area contributed by atoms with Gasteiger partial charge in [-0.25, -0.2) is 0 Å². The molecule has 1 aliphatic heterocycles. The van der Waals surface area contributed by atoms with E-state index in [9.17, 15) is 20.4 Å². The minimum Gasteiger partial charge on any atom is -0.394 e. The van der Waals surface area contributed by atoms with E-state index in [0.717, 1.165) is 11.1 Å². The maximum atomic E-state index is 10.1. The fourth-order valence-corrected chi connectivity index (χ4v) is 5.26. The highest BCUT2D eigenvalue weighted by molar-refractivity contribution is 5.80. The first-order chi connectivity index (χ1) is 16.9. The van der Waals surface area contributed by atoms with E-state index in [2.05, 4.69) is 58.9 Å². The zero-order valence-electron chi connectivity index (χ0n) is 21.9. The van der Waals surface area contributed by atoms with Crippen LogP contribution in [0.25, 0.3) is 11.6 Å². The maximum Gasteiger partial charge on any atom is 0.187 e. The average molecular weight is 497 g/mol. The largest absolute Gasteiger partial charge is 0.394 e. The van der Waals surface area contributed by atoms with E-state index in [4.69, 9.17) is 9.47 Å². The van der Waals surface area contributed by atoms with E-state index in [0.29, 0.717) is 0 Å². The van der Waals surface area contributed by atoms with Crippen LogP contribution < -0.4 is 0 Å². The Morgan fingerprint density at radius 1 is 0.917 bits per heavy atom. The second kappa shape index (κ2) is 10.4. The molecule has 2 aromatic rings. The topological polar surface area (TPSA) is 99.4 Å². The highest BCUT2D eigenvalue weighted by Crippen LogP contribution is 2.46. The Balaban J connectivity index is 1.44. The molecule has 1 saturated heterocycles. The quantitative estimate of drug-likeness (QED) is 0.453. The molecule has 6 nitrogen and oxygen atoms in total. The van der Waals surface area contributed by atoms with E-state index in [1.165, 1.54) is 35.1 Å². The number of benzene rings is 2. The third-order valence-electron chi connectivity index (χ3n) is 7.93. The highest BCUT2D eigenvalue weighted by Gasteiger charge is 2.44. The van der Waals surface area contributed by atoms with Crippen LogP contribution in [0.2, 0.25) is 0 Å². The van der Waals surface area contributed by atoms with E-state index >= 15 is 0 Å². The van der Waals surface area contributed by atoms with Crippen LogP contribution in [-0.4, -0.2) is 57.7 Å².